The number of carbonyl (C=O) groups excluding carboxylic acids is 1. The lowest BCUT2D eigenvalue weighted by atomic mass is 9.96. The first-order chi connectivity index (χ1) is 12.2. The Morgan fingerprint density at radius 1 is 1.23 bits per heavy atom. The molecule has 1 aliphatic heterocycles. The summed E-state index contributed by atoms with van der Waals surface area (Å²) in [6.45, 7) is 5.13. The number of halogens is 1. The molecule has 1 aliphatic carbocycles. The molecule has 1 heterocycles. The highest BCUT2D eigenvalue weighted by molar-refractivity contribution is 8.14. The molecule has 2 aliphatic rings. The zero-order chi connectivity index (χ0) is 17.6. The summed E-state index contributed by atoms with van der Waals surface area (Å²) < 4.78 is 0. The van der Waals surface area contributed by atoms with Crippen LogP contribution in [0.2, 0.25) is 0 Å². The minimum atomic E-state index is 0. The average molecular weight is 396 g/mol. The molecule has 0 radical (unpaired) electrons. The Bertz CT molecular complexity index is 614. The van der Waals surface area contributed by atoms with Gasteiger partial charge in [0.15, 0.2) is 5.17 Å². The number of thioether (sulfide) groups is 1. The number of hydrogen-bond donors (Lipinski definition) is 1. The lowest BCUT2D eigenvalue weighted by Crippen LogP contribution is -2.37. The highest BCUT2D eigenvalue weighted by Gasteiger charge is 2.31. The van der Waals surface area contributed by atoms with Gasteiger partial charge in [0.25, 0.3) is 0 Å². The van der Waals surface area contributed by atoms with Crippen LogP contribution in [0.1, 0.15) is 51.0 Å². The standard InChI is InChI=1S/C20H29N3OS.ClH/c1-3-23-18(13-19(24)21-17-11-9-15(2)10-12-17)14-25-20(23)22-16-7-5-4-6-8-16;/h9-12,16,18H,3-8,13-14H2,1-2H3,(H,21,24);1H. The number of anilines is 1. The first kappa shape index (κ1) is 21.1. The van der Waals surface area contributed by atoms with Crippen LogP contribution in [0.4, 0.5) is 5.69 Å². The second-order valence-corrected chi connectivity index (χ2v) is 8.06. The van der Waals surface area contributed by atoms with Gasteiger partial charge >= 0.3 is 0 Å². The predicted molar refractivity (Wildman–Crippen MR) is 115 cm³/mol. The smallest absolute Gasteiger partial charge is 0.226 e. The van der Waals surface area contributed by atoms with Crippen molar-refractivity contribution in [2.45, 2.75) is 64.5 Å². The summed E-state index contributed by atoms with van der Waals surface area (Å²) in [4.78, 5) is 19.8. The first-order valence-corrected chi connectivity index (χ1v) is 10.5. The third kappa shape index (κ3) is 5.65. The lowest BCUT2D eigenvalue weighted by Gasteiger charge is -2.26. The molecule has 144 valence electrons. The second kappa shape index (κ2) is 10.2. The van der Waals surface area contributed by atoms with Gasteiger partial charge in [0.1, 0.15) is 0 Å². The summed E-state index contributed by atoms with van der Waals surface area (Å²) in [5.41, 5.74) is 2.08. The summed E-state index contributed by atoms with van der Waals surface area (Å²) in [6.07, 6.45) is 6.94. The SMILES string of the molecule is CCN1C(=NC2CCCCC2)SCC1CC(=O)Nc1ccc(C)cc1.Cl. The number of carbonyl (C=O) groups is 1. The van der Waals surface area contributed by atoms with E-state index in [2.05, 4.69) is 17.1 Å². The largest absolute Gasteiger partial charge is 0.347 e. The highest BCUT2D eigenvalue weighted by atomic mass is 35.5. The highest BCUT2D eigenvalue weighted by Crippen LogP contribution is 2.29. The molecule has 1 saturated carbocycles. The Labute approximate surface area is 167 Å². The van der Waals surface area contributed by atoms with E-state index in [-0.39, 0.29) is 24.4 Å². The number of nitrogens with zero attached hydrogens (tertiary/aromatic N) is 2. The van der Waals surface area contributed by atoms with Crippen LogP contribution in [0, 0.1) is 6.92 Å². The Hall–Kier alpha value is -1.20. The molecule has 3 rings (SSSR count). The fourth-order valence-corrected chi connectivity index (χ4v) is 4.91. The van der Waals surface area contributed by atoms with Crippen LogP contribution in [0.3, 0.4) is 0 Å². The van der Waals surface area contributed by atoms with Crippen LogP contribution in [-0.4, -0.2) is 40.4 Å². The molecule has 0 bridgehead atoms. The average Bonchev–Trinajstić information content (AvgIpc) is 2.99. The Kier molecular flexibility index (Phi) is 8.29. The van der Waals surface area contributed by atoms with Gasteiger partial charge < -0.3 is 10.2 Å². The van der Waals surface area contributed by atoms with Crippen molar-refractivity contribution in [3.05, 3.63) is 29.8 Å². The van der Waals surface area contributed by atoms with Crippen LogP contribution in [0.15, 0.2) is 29.3 Å². The summed E-state index contributed by atoms with van der Waals surface area (Å²) in [6, 6.07) is 8.71. The van der Waals surface area contributed by atoms with Crippen molar-refractivity contribution in [3.8, 4) is 0 Å². The van der Waals surface area contributed by atoms with E-state index < -0.39 is 0 Å². The van der Waals surface area contributed by atoms with Gasteiger partial charge in [-0.1, -0.05) is 48.7 Å². The van der Waals surface area contributed by atoms with Crippen molar-refractivity contribution in [2.75, 3.05) is 17.6 Å². The topological polar surface area (TPSA) is 44.7 Å². The van der Waals surface area contributed by atoms with E-state index in [4.69, 9.17) is 4.99 Å². The van der Waals surface area contributed by atoms with Crippen molar-refractivity contribution >= 4 is 40.9 Å². The van der Waals surface area contributed by atoms with Gasteiger partial charge in [-0.05, 0) is 38.8 Å². The fraction of sp³-hybridized carbons (Fsp3) is 0.600. The second-order valence-electron chi connectivity index (χ2n) is 7.07. The molecule has 26 heavy (non-hydrogen) atoms. The van der Waals surface area contributed by atoms with Gasteiger partial charge in [0, 0.05) is 30.4 Å². The number of aliphatic imine (C=N–C) groups is 1. The van der Waals surface area contributed by atoms with Gasteiger partial charge in [-0.2, -0.15) is 0 Å². The Balaban J connectivity index is 0.00000243. The van der Waals surface area contributed by atoms with E-state index >= 15 is 0 Å². The molecule has 0 spiro atoms. The molecular weight excluding hydrogens is 366 g/mol. The summed E-state index contributed by atoms with van der Waals surface area (Å²) in [5.74, 6) is 1.05. The van der Waals surface area contributed by atoms with Crippen LogP contribution in [-0.2, 0) is 4.79 Å². The van der Waals surface area contributed by atoms with Crippen LogP contribution in [0.25, 0.3) is 0 Å². The lowest BCUT2D eigenvalue weighted by molar-refractivity contribution is -0.116. The number of hydrogen-bond acceptors (Lipinski definition) is 3. The predicted octanol–water partition coefficient (Wildman–Crippen LogP) is 4.87. The molecule has 6 heteroatoms. The number of benzene rings is 1. The molecule has 1 amide bonds. The van der Waals surface area contributed by atoms with Crippen LogP contribution >= 0.6 is 24.2 Å². The first-order valence-electron chi connectivity index (χ1n) is 9.49. The van der Waals surface area contributed by atoms with E-state index in [0.29, 0.717) is 12.5 Å². The van der Waals surface area contributed by atoms with E-state index in [1.807, 2.05) is 43.0 Å². The molecule has 1 N–H and O–H groups in total. The Morgan fingerprint density at radius 2 is 1.92 bits per heavy atom. The molecule has 1 atom stereocenters. The van der Waals surface area contributed by atoms with Gasteiger partial charge in [-0.15, -0.1) is 12.4 Å². The normalized spacial score (nSPS) is 22.3. The molecule has 1 aromatic carbocycles. The van der Waals surface area contributed by atoms with Crippen molar-refractivity contribution < 1.29 is 4.79 Å². The fourth-order valence-electron chi connectivity index (χ4n) is 3.60. The third-order valence-corrected chi connectivity index (χ3v) is 6.21. The van der Waals surface area contributed by atoms with Crippen LogP contribution in [0.5, 0.6) is 0 Å². The minimum Gasteiger partial charge on any atom is -0.347 e. The minimum absolute atomic E-state index is 0. The van der Waals surface area contributed by atoms with E-state index in [9.17, 15) is 4.79 Å². The van der Waals surface area contributed by atoms with Crippen LogP contribution < -0.4 is 5.32 Å². The molecule has 2 fully saturated rings. The summed E-state index contributed by atoms with van der Waals surface area (Å²) in [7, 11) is 0. The summed E-state index contributed by atoms with van der Waals surface area (Å²) >= 11 is 1.82. The number of amidine groups is 1. The monoisotopic (exact) mass is 395 g/mol. The molecule has 1 aromatic rings. The molecular formula is C20H30ClN3OS. The molecule has 1 saturated heterocycles. The number of rotatable bonds is 5. The van der Waals surface area contributed by atoms with Gasteiger partial charge in [0.05, 0.1) is 6.04 Å². The maximum atomic E-state index is 12.4. The molecule has 0 aromatic heterocycles. The zero-order valence-corrected chi connectivity index (χ0v) is 17.4. The third-order valence-electron chi connectivity index (χ3n) is 5.06. The van der Waals surface area contributed by atoms with Gasteiger partial charge in [-0.3, -0.25) is 9.79 Å². The molecule has 1 unspecified atom stereocenters. The van der Waals surface area contributed by atoms with E-state index in [0.717, 1.165) is 23.2 Å². The number of nitrogens with one attached hydrogen (secondary N) is 1. The van der Waals surface area contributed by atoms with E-state index in [1.165, 1.54) is 37.7 Å². The van der Waals surface area contributed by atoms with Gasteiger partial charge in [0.2, 0.25) is 5.91 Å². The number of aryl methyl sites for hydroxylation is 1. The quantitative estimate of drug-likeness (QED) is 0.773. The number of amides is 1. The van der Waals surface area contributed by atoms with Gasteiger partial charge in [-0.25, -0.2) is 0 Å². The summed E-state index contributed by atoms with van der Waals surface area (Å²) in [5, 5.41) is 4.18. The Morgan fingerprint density at radius 3 is 2.58 bits per heavy atom. The van der Waals surface area contributed by atoms with Crippen molar-refractivity contribution in [1.29, 1.82) is 0 Å². The van der Waals surface area contributed by atoms with Crippen molar-refractivity contribution in [3.63, 3.8) is 0 Å². The van der Waals surface area contributed by atoms with Crippen molar-refractivity contribution in [1.82, 2.24) is 4.90 Å². The van der Waals surface area contributed by atoms with E-state index in [1.54, 1.807) is 0 Å². The zero-order valence-electron chi connectivity index (χ0n) is 15.7. The molecule has 4 nitrogen and oxygen atoms in total. The maximum Gasteiger partial charge on any atom is 0.226 e. The maximum absolute atomic E-state index is 12.4. The van der Waals surface area contributed by atoms with Crippen molar-refractivity contribution in [2.24, 2.45) is 4.99 Å².